The van der Waals surface area contributed by atoms with Gasteiger partial charge in [-0.3, -0.25) is 4.79 Å². The van der Waals surface area contributed by atoms with Gasteiger partial charge in [0.05, 0.1) is 48.6 Å². The molecule has 57 heavy (non-hydrogen) atoms. The van der Waals surface area contributed by atoms with E-state index in [0.29, 0.717) is 18.4 Å². The fourth-order valence-corrected chi connectivity index (χ4v) is 7.03. The van der Waals surface area contributed by atoms with E-state index in [-0.39, 0.29) is 37.0 Å². The maximum atomic E-state index is 13.6. The van der Waals surface area contributed by atoms with Gasteiger partial charge in [-0.2, -0.15) is 0 Å². The highest BCUT2D eigenvalue weighted by Gasteiger charge is 2.52. The standard InChI is InChI=1S/C43H68O14/c1-12-29-20-25(5)31(45)16-14-13-15-30(22-52-42-37(51-11)32(46)21-27(7)53-42)40(50)54-33(28(8)44)18-17-24(4)19-26(6)36(29)55-41-35(48)34(47)38(43(9,10)57-41)56-39(49)23(2)3/h13-15,17,19-20,23,27-29,31-38,41-42,44-48H,12,16,18,21-22H2,1-11H3/b14-13+,24-17+,25-20+,26-19+,30-15+/t27-,28+,29-,31-,32+,33?,34+,35-,36?,37+,38?,41+,42-/m0/s1. The normalized spacial score (nSPS) is 39.7. The molecule has 14 nitrogen and oxygen atoms in total. The number of cyclic esters (lactones) is 1. The Kier molecular flexibility index (Phi) is 18.8. The number of methoxy groups -OCH3 is 1. The second-order valence-corrected chi connectivity index (χ2v) is 16.4. The van der Waals surface area contributed by atoms with Crippen LogP contribution in [0.1, 0.15) is 94.9 Å². The summed E-state index contributed by atoms with van der Waals surface area (Å²) >= 11 is 0. The second-order valence-electron chi connectivity index (χ2n) is 16.4. The van der Waals surface area contributed by atoms with Crippen LogP contribution >= 0.6 is 0 Å². The van der Waals surface area contributed by atoms with Crippen molar-refractivity contribution in [3.63, 3.8) is 0 Å². The van der Waals surface area contributed by atoms with Crippen LogP contribution in [0.4, 0.5) is 0 Å². The molecule has 3 unspecified atom stereocenters. The van der Waals surface area contributed by atoms with E-state index in [4.69, 9.17) is 33.2 Å². The number of allylic oxidation sites excluding steroid dienone is 4. The van der Waals surface area contributed by atoms with E-state index in [1.807, 2.05) is 45.9 Å². The Morgan fingerprint density at radius 1 is 1.02 bits per heavy atom. The zero-order valence-corrected chi connectivity index (χ0v) is 35.5. The van der Waals surface area contributed by atoms with E-state index < -0.39 is 91.0 Å². The van der Waals surface area contributed by atoms with Crippen molar-refractivity contribution >= 4 is 11.9 Å². The molecular formula is C43H68O14. The summed E-state index contributed by atoms with van der Waals surface area (Å²) in [6.45, 7) is 17.3. The summed E-state index contributed by atoms with van der Waals surface area (Å²) in [5.74, 6) is -2.04. The van der Waals surface area contributed by atoms with Gasteiger partial charge in [-0.05, 0) is 78.5 Å². The molecule has 0 aromatic heterocycles. The van der Waals surface area contributed by atoms with Gasteiger partial charge in [-0.25, -0.2) is 4.79 Å². The molecule has 0 amide bonds. The number of hydrogen-bond donors (Lipinski definition) is 5. The molecule has 3 rings (SSSR count). The largest absolute Gasteiger partial charge is 0.456 e. The van der Waals surface area contributed by atoms with Crippen LogP contribution in [0.15, 0.2) is 58.7 Å². The Balaban J connectivity index is 1.98. The molecule has 2 saturated heterocycles. The number of rotatable bonds is 10. The van der Waals surface area contributed by atoms with Crippen molar-refractivity contribution in [3.8, 4) is 0 Å². The SMILES string of the molecule is CC[C@H]1/C=C(\C)[C@@H](O)C/C=C/C=C(\CO[C@H]2O[C@@H](C)C[C@@H](O)[C@H]2OC)C(=O)OC([C@@H](C)O)C/C=C(C)/C=C(\C)C1O[C@@H]1OC(C)(C)C(OC(=O)C(C)C)[C@H](O)[C@@H]1O. The summed E-state index contributed by atoms with van der Waals surface area (Å²) in [5.41, 5.74) is 1.06. The van der Waals surface area contributed by atoms with Crippen LogP contribution in [0.3, 0.4) is 0 Å². The molecule has 0 spiro atoms. The van der Waals surface area contributed by atoms with Gasteiger partial charge in [0.1, 0.15) is 30.0 Å². The van der Waals surface area contributed by atoms with Gasteiger partial charge in [0.25, 0.3) is 0 Å². The Morgan fingerprint density at radius 3 is 2.32 bits per heavy atom. The van der Waals surface area contributed by atoms with Gasteiger partial charge in [0, 0.05) is 25.9 Å². The highest BCUT2D eigenvalue weighted by atomic mass is 16.7. The van der Waals surface area contributed by atoms with Crippen LogP contribution < -0.4 is 0 Å². The number of hydrogen-bond acceptors (Lipinski definition) is 14. The van der Waals surface area contributed by atoms with Gasteiger partial charge < -0.3 is 58.7 Å². The summed E-state index contributed by atoms with van der Waals surface area (Å²) < 4.78 is 41.4. The number of carbonyl (C=O) groups is 2. The van der Waals surface area contributed by atoms with E-state index in [2.05, 4.69) is 0 Å². The van der Waals surface area contributed by atoms with Crippen molar-refractivity contribution < 1.29 is 68.3 Å². The second kappa shape index (κ2) is 22.0. The summed E-state index contributed by atoms with van der Waals surface area (Å²) in [5, 5.41) is 54.9. The lowest BCUT2D eigenvalue weighted by Crippen LogP contribution is -2.64. The van der Waals surface area contributed by atoms with Crippen molar-refractivity contribution in [1.29, 1.82) is 0 Å². The third-order valence-corrected chi connectivity index (χ3v) is 10.6. The molecule has 3 heterocycles. The molecule has 0 aromatic rings. The topological polar surface area (TPSA) is 200 Å². The van der Waals surface area contributed by atoms with Gasteiger partial charge in [-0.1, -0.05) is 56.7 Å². The molecule has 324 valence electrons. The van der Waals surface area contributed by atoms with Crippen LogP contribution in [-0.4, -0.2) is 130 Å². The molecule has 0 aliphatic carbocycles. The van der Waals surface area contributed by atoms with Gasteiger partial charge in [0.2, 0.25) is 0 Å². The van der Waals surface area contributed by atoms with Gasteiger partial charge >= 0.3 is 11.9 Å². The Labute approximate surface area is 338 Å². The maximum absolute atomic E-state index is 13.6. The summed E-state index contributed by atoms with van der Waals surface area (Å²) in [6.07, 6.45) is -0.165. The lowest BCUT2D eigenvalue weighted by molar-refractivity contribution is -0.333. The minimum atomic E-state index is -1.56. The van der Waals surface area contributed by atoms with Crippen molar-refractivity contribution in [2.45, 2.75) is 174 Å². The van der Waals surface area contributed by atoms with E-state index in [1.54, 1.807) is 46.8 Å². The van der Waals surface area contributed by atoms with Crippen molar-refractivity contribution in [1.82, 2.24) is 0 Å². The number of carbonyl (C=O) groups excluding carboxylic acids is 2. The minimum absolute atomic E-state index is 0.123. The van der Waals surface area contributed by atoms with Crippen LogP contribution in [0, 0.1) is 11.8 Å². The fraction of sp³-hybridized carbons (Fsp3) is 0.721. The molecule has 5 N–H and O–H groups in total. The predicted molar refractivity (Wildman–Crippen MR) is 211 cm³/mol. The highest BCUT2D eigenvalue weighted by molar-refractivity contribution is 5.89. The summed E-state index contributed by atoms with van der Waals surface area (Å²) in [4.78, 5) is 26.1. The van der Waals surface area contributed by atoms with Gasteiger partial charge in [-0.15, -0.1) is 0 Å². The Bertz CT molecular complexity index is 1480. The van der Waals surface area contributed by atoms with Gasteiger partial charge in [0.15, 0.2) is 18.7 Å². The van der Waals surface area contributed by atoms with E-state index in [9.17, 15) is 35.1 Å². The molecule has 3 aliphatic rings. The number of aliphatic hydroxyl groups excluding tert-OH is 5. The zero-order chi connectivity index (χ0) is 42.8. The summed E-state index contributed by atoms with van der Waals surface area (Å²) in [7, 11) is 1.44. The van der Waals surface area contributed by atoms with E-state index >= 15 is 0 Å². The first kappa shape index (κ1) is 48.6. The molecule has 2 fully saturated rings. The number of ether oxygens (including phenoxy) is 7. The molecule has 0 saturated carbocycles. The summed E-state index contributed by atoms with van der Waals surface area (Å²) in [6, 6.07) is 0. The first-order valence-corrected chi connectivity index (χ1v) is 20.0. The third kappa shape index (κ3) is 13.6. The quantitative estimate of drug-likeness (QED) is 0.156. The maximum Gasteiger partial charge on any atom is 0.336 e. The van der Waals surface area contributed by atoms with Crippen molar-refractivity contribution in [2.75, 3.05) is 13.7 Å². The number of esters is 2. The van der Waals surface area contributed by atoms with E-state index in [0.717, 1.165) is 11.1 Å². The van der Waals surface area contributed by atoms with Crippen molar-refractivity contribution in [2.24, 2.45) is 11.8 Å². The Morgan fingerprint density at radius 2 is 1.70 bits per heavy atom. The lowest BCUT2D eigenvalue weighted by atomic mass is 9.88. The molecular weight excluding hydrogens is 740 g/mol. The first-order valence-electron chi connectivity index (χ1n) is 20.0. The first-order chi connectivity index (χ1) is 26.7. The van der Waals surface area contributed by atoms with Crippen LogP contribution in [0.5, 0.6) is 0 Å². The molecule has 13 atom stereocenters. The average molecular weight is 809 g/mol. The molecule has 0 aromatic carbocycles. The monoisotopic (exact) mass is 808 g/mol. The average Bonchev–Trinajstić information content (AvgIpc) is 3.13. The fourth-order valence-electron chi connectivity index (χ4n) is 7.03. The molecule has 3 aliphatic heterocycles. The molecule has 14 heteroatoms. The molecule has 0 bridgehead atoms. The number of aliphatic hydroxyl groups is 5. The van der Waals surface area contributed by atoms with Crippen molar-refractivity contribution in [3.05, 3.63) is 58.7 Å². The molecule has 0 radical (unpaired) electrons. The van der Waals surface area contributed by atoms with E-state index in [1.165, 1.54) is 20.1 Å². The lowest BCUT2D eigenvalue weighted by Gasteiger charge is -2.47. The predicted octanol–water partition coefficient (Wildman–Crippen LogP) is 4.12. The smallest absolute Gasteiger partial charge is 0.336 e. The Hall–Kier alpha value is -2.76. The van der Waals surface area contributed by atoms with Crippen LogP contribution in [-0.2, 0) is 42.7 Å². The third-order valence-electron chi connectivity index (χ3n) is 10.6. The highest BCUT2D eigenvalue weighted by Crippen LogP contribution is 2.36. The van der Waals surface area contributed by atoms with Crippen LogP contribution in [0.2, 0.25) is 0 Å². The minimum Gasteiger partial charge on any atom is -0.456 e. The zero-order valence-electron chi connectivity index (χ0n) is 35.5. The van der Waals surface area contributed by atoms with Crippen LogP contribution in [0.25, 0.3) is 0 Å².